The molecular formula is C14H22N2O3. The first kappa shape index (κ1) is 15.3. The largest absolute Gasteiger partial charge is 0.493 e. The maximum absolute atomic E-state index is 11.3. The fourth-order valence-corrected chi connectivity index (χ4v) is 1.48. The van der Waals surface area contributed by atoms with Gasteiger partial charge in [0.1, 0.15) is 5.75 Å². The van der Waals surface area contributed by atoms with Crippen LogP contribution in [-0.2, 0) is 0 Å². The summed E-state index contributed by atoms with van der Waals surface area (Å²) in [6.07, 6.45) is 0.200. The molecule has 0 fully saturated rings. The summed E-state index contributed by atoms with van der Waals surface area (Å²) in [6, 6.07) is 7.56. The Hall–Kier alpha value is -1.75. The van der Waals surface area contributed by atoms with E-state index in [1.165, 1.54) is 0 Å². The maximum Gasteiger partial charge on any atom is 0.314 e. The van der Waals surface area contributed by atoms with Gasteiger partial charge in [-0.3, -0.25) is 0 Å². The first-order valence-corrected chi connectivity index (χ1v) is 6.48. The van der Waals surface area contributed by atoms with Gasteiger partial charge in [-0.15, -0.1) is 0 Å². The first-order valence-electron chi connectivity index (χ1n) is 6.48. The minimum Gasteiger partial charge on any atom is -0.493 e. The van der Waals surface area contributed by atoms with E-state index in [0.29, 0.717) is 13.2 Å². The van der Waals surface area contributed by atoms with Crippen LogP contribution in [0.4, 0.5) is 4.79 Å². The average molecular weight is 266 g/mol. The number of nitrogens with one attached hydrogen (secondary N) is 2. The van der Waals surface area contributed by atoms with Crippen molar-refractivity contribution in [1.29, 1.82) is 0 Å². The number of benzene rings is 1. The van der Waals surface area contributed by atoms with E-state index in [1.54, 1.807) is 6.92 Å². The van der Waals surface area contributed by atoms with Crippen LogP contribution < -0.4 is 15.4 Å². The number of rotatable bonds is 7. The van der Waals surface area contributed by atoms with E-state index >= 15 is 0 Å². The highest BCUT2D eigenvalue weighted by molar-refractivity contribution is 5.73. The van der Waals surface area contributed by atoms with Gasteiger partial charge < -0.3 is 20.5 Å². The van der Waals surface area contributed by atoms with Crippen LogP contribution in [-0.4, -0.2) is 36.9 Å². The van der Waals surface area contributed by atoms with Gasteiger partial charge in [-0.1, -0.05) is 18.2 Å². The van der Waals surface area contributed by atoms with E-state index in [4.69, 9.17) is 9.84 Å². The Morgan fingerprint density at radius 3 is 2.79 bits per heavy atom. The van der Waals surface area contributed by atoms with Gasteiger partial charge in [-0.2, -0.15) is 0 Å². The standard InChI is InChI=1S/C14H22N2O3/c1-11-6-3-4-7-13(11)19-9-5-8-15-14(18)16-10-12(2)17/h3-4,6-7,12,17H,5,8-10H2,1-2H3,(H2,15,16,18). The lowest BCUT2D eigenvalue weighted by Gasteiger charge is -2.10. The Balaban J connectivity index is 2.08. The van der Waals surface area contributed by atoms with Crippen LogP contribution in [0, 0.1) is 6.92 Å². The van der Waals surface area contributed by atoms with E-state index < -0.39 is 6.10 Å². The first-order chi connectivity index (χ1) is 9.09. The molecule has 3 N–H and O–H groups in total. The van der Waals surface area contributed by atoms with Crippen LogP contribution in [0.3, 0.4) is 0 Å². The van der Waals surface area contributed by atoms with Crippen LogP contribution in [0.2, 0.25) is 0 Å². The number of para-hydroxylation sites is 1. The van der Waals surface area contributed by atoms with Crippen molar-refractivity contribution in [3.05, 3.63) is 29.8 Å². The number of hydrogen-bond donors (Lipinski definition) is 3. The molecule has 0 radical (unpaired) electrons. The highest BCUT2D eigenvalue weighted by Crippen LogP contribution is 2.15. The number of amides is 2. The van der Waals surface area contributed by atoms with Gasteiger partial charge in [-0.05, 0) is 31.9 Å². The molecule has 0 spiro atoms. The number of carbonyl (C=O) groups is 1. The summed E-state index contributed by atoms with van der Waals surface area (Å²) in [7, 11) is 0. The number of aliphatic hydroxyl groups is 1. The van der Waals surface area contributed by atoms with E-state index in [1.807, 2.05) is 31.2 Å². The Morgan fingerprint density at radius 1 is 1.37 bits per heavy atom. The van der Waals surface area contributed by atoms with Crippen molar-refractivity contribution in [2.75, 3.05) is 19.7 Å². The molecule has 19 heavy (non-hydrogen) atoms. The molecule has 0 saturated heterocycles. The van der Waals surface area contributed by atoms with Gasteiger partial charge in [-0.25, -0.2) is 4.79 Å². The number of hydrogen-bond acceptors (Lipinski definition) is 3. The Labute approximate surface area is 114 Å². The van der Waals surface area contributed by atoms with Crippen LogP contribution in [0.5, 0.6) is 5.75 Å². The summed E-state index contributed by atoms with van der Waals surface area (Å²) in [5.41, 5.74) is 1.10. The number of ether oxygens (including phenoxy) is 1. The number of carbonyl (C=O) groups excluding carboxylic acids is 1. The van der Waals surface area contributed by atoms with E-state index in [2.05, 4.69) is 10.6 Å². The van der Waals surface area contributed by atoms with Crippen LogP contribution in [0.15, 0.2) is 24.3 Å². The molecule has 0 aliphatic rings. The van der Waals surface area contributed by atoms with Gasteiger partial charge in [0, 0.05) is 13.1 Å². The molecule has 2 amide bonds. The van der Waals surface area contributed by atoms with Crippen molar-refractivity contribution in [2.45, 2.75) is 26.4 Å². The van der Waals surface area contributed by atoms with E-state index in [9.17, 15) is 4.79 Å². The second-order valence-corrected chi connectivity index (χ2v) is 4.45. The molecule has 5 nitrogen and oxygen atoms in total. The summed E-state index contributed by atoms with van der Waals surface area (Å²) in [5, 5.41) is 14.3. The molecule has 0 aliphatic heterocycles. The lowest BCUT2D eigenvalue weighted by atomic mass is 10.2. The molecule has 0 bridgehead atoms. The predicted octanol–water partition coefficient (Wildman–Crippen LogP) is 1.44. The summed E-state index contributed by atoms with van der Waals surface area (Å²) < 4.78 is 5.61. The van der Waals surface area contributed by atoms with Crippen molar-refractivity contribution in [1.82, 2.24) is 10.6 Å². The van der Waals surface area contributed by atoms with Crippen molar-refractivity contribution in [2.24, 2.45) is 0 Å². The topological polar surface area (TPSA) is 70.6 Å². The molecule has 5 heteroatoms. The molecule has 0 heterocycles. The summed E-state index contributed by atoms with van der Waals surface area (Å²) >= 11 is 0. The van der Waals surface area contributed by atoms with Gasteiger partial charge in [0.2, 0.25) is 0 Å². The minimum absolute atomic E-state index is 0.255. The Bertz CT molecular complexity index is 394. The van der Waals surface area contributed by atoms with Crippen molar-refractivity contribution in [3.63, 3.8) is 0 Å². The normalized spacial score (nSPS) is 11.7. The third-order valence-corrected chi connectivity index (χ3v) is 2.52. The molecular weight excluding hydrogens is 244 g/mol. The van der Waals surface area contributed by atoms with Crippen molar-refractivity contribution >= 4 is 6.03 Å². The number of urea groups is 1. The second kappa shape index (κ2) is 8.37. The Kier molecular flexibility index (Phi) is 6.74. The third kappa shape index (κ3) is 6.67. The zero-order valence-corrected chi connectivity index (χ0v) is 11.5. The third-order valence-electron chi connectivity index (χ3n) is 2.52. The zero-order chi connectivity index (χ0) is 14.1. The van der Waals surface area contributed by atoms with Gasteiger partial charge in [0.15, 0.2) is 0 Å². The molecule has 106 valence electrons. The molecule has 0 saturated carbocycles. The Morgan fingerprint density at radius 2 is 2.11 bits per heavy atom. The fourth-order valence-electron chi connectivity index (χ4n) is 1.48. The summed E-state index contributed by atoms with van der Waals surface area (Å²) in [4.78, 5) is 11.3. The summed E-state index contributed by atoms with van der Waals surface area (Å²) in [5.74, 6) is 0.876. The molecule has 1 atom stereocenters. The van der Waals surface area contributed by atoms with Crippen LogP contribution >= 0.6 is 0 Å². The van der Waals surface area contributed by atoms with Crippen LogP contribution in [0.1, 0.15) is 18.9 Å². The van der Waals surface area contributed by atoms with Gasteiger partial charge >= 0.3 is 6.03 Å². The van der Waals surface area contributed by atoms with Crippen molar-refractivity contribution < 1.29 is 14.6 Å². The molecule has 0 aliphatic carbocycles. The van der Waals surface area contributed by atoms with E-state index in [0.717, 1.165) is 17.7 Å². The monoisotopic (exact) mass is 266 g/mol. The molecule has 1 aromatic carbocycles. The summed E-state index contributed by atoms with van der Waals surface area (Å²) in [6.45, 7) is 4.97. The van der Waals surface area contributed by atoms with Gasteiger partial charge in [0.25, 0.3) is 0 Å². The number of aryl methyl sites for hydroxylation is 1. The predicted molar refractivity (Wildman–Crippen MR) is 74.4 cm³/mol. The maximum atomic E-state index is 11.3. The zero-order valence-electron chi connectivity index (χ0n) is 11.5. The second-order valence-electron chi connectivity index (χ2n) is 4.45. The molecule has 1 rings (SSSR count). The van der Waals surface area contributed by atoms with E-state index in [-0.39, 0.29) is 12.6 Å². The van der Waals surface area contributed by atoms with Crippen molar-refractivity contribution in [3.8, 4) is 5.75 Å². The lowest BCUT2D eigenvalue weighted by molar-refractivity contribution is 0.187. The highest BCUT2D eigenvalue weighted by Gasteiger charge is 2.01. The average Bonchev–Trinajstić information content (AvgIpc) is 2.38. The highest BCUT2D eigenvalue weighted by atomic mass is 16.5. The molecule has 1 aromatic rings. The van der Waals surface area contributed by atoms with Gasteiger partial charge in [0.05, 0.1) is 12.7 Å². The lowest BCUT2D eigenvalue weighted by Crippen LogP contribution is -2.39. The fraction of sp³-hybridized carbons (Fsp3) is 0.500. The minimum atomic E-state index is -0.532. The SMILES string of the molecule is Cc1ccccc1OCCCNC(=O)NCC(C)O. The van der Waals surface area contributed by atoms with Crippen LogP contribution in [0.25, 0.3) is 0 Å². The quantitative estimate of drug-likeness (QED) is 0.654. The smallest absolute Gasteiger partial charge is 0.314 e. The number of aliphatic hydroxyl groups excluding tert-OH is 1. The molecule has 0 aromatic heterocycles. The molecule has 1 unspecified atom stereocenters.